The third-order valence-electron chi connectivity index (χ3n) is 4.77. The number of nitrogens with one attached hydrogen (secondary N) is 1. The number of hydrogen-bond acceptors (Lipinski definition) is 6. The quantitative estimate of drug-likeness (QED) is 0.643. The lowest BCUT2D eigenvalue weighted by Gasteiger charge is -2.20. The van der Waals surface area contributed by atoms with Crippen LogP contribution in [0.1, 0.15) is 25.0 Å². The molecule has 164 valence electrons. The van der Waals surface area contributed by atoms with Crippen molar-refractivity contribution >= 4 is 39.8 Å². The summed E-state index contributed by atoms with van der Waals surface area (Å²) < 4.78 is 24.3. The molecule has 0 radical (unpaired) electrons. The molecule has 2 aliphatic rings. The highest BCUT2D eigenvalue weighted by Crippen LogP contribution is 2.33. The average molecular weight is 453 g/mol. The van der Waals surface area contributed by atoms with Crippen molar-refractivity contribution < 1.29 is 18.7 Å². The minimum atomic E-state index is -0.482. The standard InChI is InChI=1S/C23H21FN4O3S/c1-13(2)22-27-28-20(25)17(21(29)26-23(28)32-22)10-15-6-9-18(19(11-15)30-3)31-12-14-4-7-16(24)8-5-14/h4-11,13,25H,12H2,1-3H3/b17-10+,25-20?. The molecule has 1 N–H and O–H groups in total. The third kappa shape index (κ3) is 4.43. The van der Waals surface area contributed by atoms with Gasteiger partial charge in [-0.2, -0.15) is 15.1 Å². The molecule has 0 saturated heterocycles. The Labute approximate surface area is 189 Å². The molecular weight excluding hydrogens is 431 g/mol. The summed E-state index contributed by atoms with van der Waals surface area (Å²) in [4.78, 5) is 16.7. The van der Waals surface area contributed by atoms with Crippen molar-refractivity contribution in [3.63, 3.8) is 0 Å². The molecule has 2 aromatic carbocycles. The number of rotatable bonds is 6. The summed E-state index contributed by atoms with van der Waals surface area (Å²) in [7, 11) is 1.52. The molecule has 0 bridgehead atoms. The number of aliphatic imine (C=N–C) groups is 1. The molecule has 0 aliphatic carbocycles. The normalized spacial score (nSPS) is 16.9. The van der Waals surface area contributed by atoms with Crippen molar-refractivity contribution in [1.29, 1.82) is 5.41 Å². The molecule has 0 spiro atoms. The van der Waals surface area contributed by atoms with Crippen LogP contribution in [-0.4, -0.2) is 34.1 Å². The van der Waals surface area contributed by atoms with Gasteiger partial charge in [-0.15, -0.1) is 0 Å². The van der Waals surface area contributed by atoms with Crippen LogP contribution in [0.2, 0.25) is 0 Å². The fraction of sp³-hybridized carbons (Fsp3) is 0.217. The van der Waals surface area contributed by atoms with Crippen LogP contribution in [0.5, 0.6) is 11.5 Å². The number of ether oxygens (including phenoxy) is 2. The lowest BCUT2D eigenvalue weighted by molar-refractivity contribution is -0.114. The molecule has 4 rings (SSSR count). The average Bonchev–Trinajstić information content (AvgIpc) is 3.21. The number of thioether (sulfide) groups is 1. The van der Waals surface area contributed by atoms with E-state index in [0.29, 0.717) is 22.2 Å². The zero-order chi connectivity index (χ0) is 22.8. The fourth-order valence-corrected chi connectivity index (χ4v) is 3.93. The molecule has 32 heavy (non-hydrogen) atoms. The maximum atomic E-state index is 13.1. The van der Waals surface area contributed by atoms with Crippen molar-refractivity contribution in [2.75, 3.05) is 7.11 Å². The number of fused-ring (bicyclic) bond motifs is 1. The topological polar surface area (TPSA) is 87.3 Å². The number of halogens is 1. The number of hydrazone groups is 1. The Kier molecular flexibility index (Phi) is 6.09. The summed E-state index contributed by atoms with van der Waals surface area (Å²) in [6, 6.07) is 11.3. The van der Waals surface area contributed by atoms with Gasteiger partial charge in [0.25, 0.3) is 5.91 Å². The molecule has 7 nitrogen and oxygen atoms in total. The summed E-state index contributed by atoms with van der Waals surface area (Å²) in [5.41, 5.74) is 1.62. The minimum absolute atomic E-state index is 0.0150. The van der Waals surface area contributed by atoms with E-state index in [0.717, 1.165) is 10.6 Å². The highest BCUT2D eigenvalue weighted by molar-refractivity contribution is 8.27. The van der Waals surface area contributed by atoms with Gasteiger partial charge in [-0.1, -0.05) is 32.0 Å². The molecule has 0 fully saturated rings. The zero-order valence-corrected chi connectivity index (χ0v) is 18.6. The van der Waals surface area contributed by atoms with Crippen molar-refractivity contribution in [3.8, 4) is 11.5 Å². The third-order valence-corrected chi connectivity index (χ3v) is 5.98. The molecule has 2 aromatic rings. The van der Waals surface area contributed by atoms with Crippen LogP contribution in [0, 0.1) is 17.1 Å². The number of methoxy groups -OCH3 is 1. The Morgan fingerprint density at radius 2 is 1.94 bits per heavy atom. The summed E-state index contributed by atoms with van der Waals surface area (Å²) >= 11 is 1.31. The summed E-state index contributed by atoms with van der Waals surface area (Å²) in [5, 5.41) is 15.5. The predicted octanol–water partition coefficient (Wildman–Crippen LogP) is 4.69. The van der Waals surface area contributed by atoms with Gasteiger partial charge in [-0.3, -0.25) is 10.2 Å². The Morgan fingerprint density at radius 1 is 1.19 bits per heavy atom. The monoisotopic (exact) mass is 452 g/mol. The molecule has 1 amide bonds. The van der Waals surface area contributed by atoms with Crippen LogP contribution in [0.15, 0.2) is 58.1 Å². The Bertz CT molecular complexity index is 1170. The van der Waals surface area contributed by atoms with E-state index in [4.69, 9.17) is 14.9 Å². The summed E-state index contributed by atoms with van der Waals surface area (Å²) in [5.74, 6) is 0.351. The van der Waals surface area contributed by atoms with Gasteiger partial charge in [0.05, 0.1) is 12.7 Å². The number of nitrogens with zero attached hydrogens (tertiary/aromatic N) is 3. The van der Waals surface area contributed by atoms with Crippen molar-refractivity contribution in [1.82, 2.24) is 5.01 Å². The summed E-state index contributed by atoms with van der Waals surface area (Å²) in [6.45, 7) is 4.25. The van der Waals surface area contributed by atoms with E-state index in [1.165, 1.54) is 36.0 Å². The predicted molar refractivity (Wildman–Crippen MR) is 124 cm³/mol. The van der Waals surface area contributed by atoms with E-state index in [1.54, 1.807) is 36.4 Å². The van der Waals surface area contributed by atoms with E-state index >= 15 is 0 Å². The van der Waals surface area contributed by atoms with E-state index in [1.807, 2.05) is 13.8 Å². The first-order valence-electron chi connectivity index (χ1n) is 9.91. The lowest BCUT2D eigenvalue weighted by Crippen LogP contribution is -2.35. The maximum Gasteiger partial charge on any atom is 0.283 e. The maximum absolute atomic E-state index is 13.1. The number of carbonyl (C=O) groups is 1. The van der Waals surface area contributed by atoms with Gasteiger partial charge in [-0.25, -0.2) is 4.39 Å². The van der Waals surface area contributed by atoms with Gasteiger partial charge in [0.2, 0.25) is 5.17 Å². The van der Waals surface area contributed by atoms with E-state index in [-0.39, 0.29) is 29.8 Å². The highest BCUT2D eigenvalue weighted by atomic mass is 32.2. The van der Waals surface area contributed by atoms with Crippen LogP contribution in [0.3, 0.4) is 0 Å². The van der Waals surface area contributed by atoms with Crippen LogP contribution in [0.4, 0.5) is 4.39 Å². The molecule has 2 aliphatic heterocycles. The SMILES string of the molecule is COc1cc(/C=C2\C(=N)N3N=C(C(C)C)SC3=NC2=O)ccc1OCc1ccc(F)cc1. The molecule has 0 saturated carbocycles. The number of carbonyl (C=O) groups excluding carboxylic acids is 1. The van der Waals surface area contributed by atoms with Crippen molar-refractivity contribution in [2.45, 2.75) is 20.5 Å². The smallest absolute Gasteiger partial charge is 0.283 e. The van der Waals surface area contributed by atoms with E-state index in [2.05, 4.69) is 10.1 Å². The number of hydrogen-bond donors (Lipinski definition) is 1. The molecule has 2 heterocycles. The van der Waals surface area contributed by atoms with Crippen LogP contribution < -0.4 is 9.47 Å². The molecule has 9 heteroatoms. The lowest BCUT2D eigenvalue weighted by atomic mass is 10.1. The van der Waals surface area contributed by atoms with Crippen LogP contribution in [-0.2, 0) is 11.4 Å². The Balaban J connectivity index is 1.55. The van der Waals surface area contributed by atoms with Gasteiger partial charge in [0.15, 0.2) is 17.3 Å². The molecular formula is C23H21FN4O3S. The van der Waals surface area contributed by atoms with E-state index in [9.17, 15) is 9.18 Å². The van der Waals surface area contributed by atoms with Crippen LogP contribution in [0.25, 0.3) is 6.08 Å². The van der Waals surface area contributed by atoms with Crippen molar-refractivity contribution in [2.24, 2.45) is 16.0 Å². The first kappa shape index (κ1) is 21.8. The van der Waals surface area contributed by atoms with Gasteiger partial charge >= 0.3 is 0 Å². The van der Waals surface area contributed by atoms with E-state index < -0.39 is 5.91 Å². The first-order chi connectivity index (χ1) is 15.4. The fourth-order valence-electron chi connectivity index (χ4n) is 3.04. The molecule has 0 aromatic heterocycles. The minimum Gasteiger partial charge on any atom is -0.493 e. The second-order valence-electron chi connectivity index (χ2n) is 7.44. The van der Waals surface area contributed by atoms with Crippen molar-refractivity contribution in [3.05, 3.63) is 65.0 Å². The van der Waals surface area contributed by atoms with Gasteiger partial charge in [0, 0.05) is 5.92 Å². The molecule has 0 atom stereocenters. The highest BCUT2D eigenvalue weighted by Gasteiger charge is 2.36. The second-order valence-corrected chi connectivity index (χ2v) is 8.43. The van der Waals surface area contributed by atoms with Crippen LogP contribution >= 0.6 is 11.8 Å². The number of amides is 1. The Morgan fingerprint density at radius 3 is 2.62 bits per heavy atom. The summed E-state index contributed by atoms with van der Waals surface area (Å²) in [6.07, 6.45) is 1.59. The largest absolute Gasteiger partial charge is 0.493 e. The first-order valence-corrected chi connectivity index (χ1v) is 10.7. The molecule has 0 unspecified atom stereocenters. The van der Waals surface area contributed by atoms with Gasteiger partial charge in [-0.05, 0) is 53.2 Å². The van der Waals surface area contributed by atoms with Gasteiger partial charge < -0.3 is 9.47 Å². The second kappa shape index (κ2) is 8.96. The number of amidine groups is 2. The Hall–Kier alpha value is -3.46. The number of benzene rings is 2. The van der Waals surface area contributed by atoms with Gasteiger partial charge in [0.1, 0.15) is 17.5 Å². The zero-order valence-electron chi connectivity index (χ0n) is 17.8.